The van der Waals surface area contributed by atoms with Gasteiger partial charge in [0.05, 0.1) is 22.9 Å². The van der Waals surface area contributed by atoms with Gasteiger partial charge in [-0.05, 0) is 23.8 Å². The first-order valence-electron chi connectivity index (χ1n) is 8.70. The van der Waals surface area contributed by atoms with Crippen molar-refractivity contribution < 1.29 is 14.4 Å². The number of pyridine rings is 1. The van der Waals surface area contributed by atoms with Crippen LogP contribution in [-0.2, 0) is 13.1 Å². The van der Waals surface area contributed by atoms with Gasteiger partial charge in [-0.2, -0.15) is 0 Å². The standard InChI is InChI=1S/C20H19N3O4/c1-26-18-8-7-17-16(19(18)23(24)25)11-15-13-22(9-10-27-20(15)21-17)12-14-5-3-2-4-6-14/h2-8,11H,9-10,12-13H2,1H3. The van der Waals surface area contributed by atoms with Crippen LogP contribution in [0.15, 0.2) is 48.5 Å². The Morgan fingerprint density at radius 3 is 2.81 bits per heavy atom. The zero-order chi connectivity index (χ0) is 18.8. The van der Waals surface area contributed by atoms with Crippen LogP contribution in [0.2, 0.25) is 0 Å². The van der Waals surface area contributed by atoms with Gasteiger partial charge in [0.15, 0.2) is 5.75 Å². The molecule has 2 heterocycles. The number of nitro benzene ring substituents is 1. The summed E-state index contributed by atoms with van der Waals surface area (Å²) in [4.78, 5) is 17.9. The molecule has 0 unspecified atom stereocenters. The van der Waals surface area contributed by atoms with Crippen LogP contribution in [0.4, 0.5) is 5.69 Å². The van der Waals surface area contributed by atoms with Crippen molar-refractivity contribution in [2.75, 3.05) is 20.3 Å². The van der Waals surface area contributed by atoms with E-state index in [1.807, 2.05) is 24.3 Å². The van der Waals surface area contributed by atoms with Crippen LogP contribution in [0.1, 0.15) is 11.1 Å². The van der Waals surface area contributed by atoms with Crippen LogP contribution in [0.25, 0.3) is 10.9 Å². The van der Waals surface area contributed by atoms with Gasteiger partial charge >= 0.3 is 5.69 Å². The average molecular weight is 365 g/mol. The minimum atomic E-state index is -0.422. The molecule has 27 heavy (non-hydrogen) atoms. The number of hydrogen-bond donors (Lipinski definition) is 0. The number of methoxy groups -OCH3 is 1. The number of ether oxygens (including phenoxy) is 2. The number of nitro groups is 1. The number of benzene rings is 2. The van der Waals surface area contributed by atoms with Crippen molar-refractivity contribution in [3.8, 4) is 11.6 Å². The summed E-state index contributed by atoms with van der Waals surface area (Å²) in [5.41, 5.74) is 2.51. The molecule has 0 bridgehead atoms. The van der Waals surface area contributed by atoms with E-state index in [1.165, 1.54) is 12.7 Å². The Balaban J connectivity index is 1.74. The predicted octanol–water partition coefficient (Wildman–Crippen LogP) is 3.55. The normalized spacial score (nSPS) is 14.3. The summed E-state index contributed by atoms with van der Waals surface area (Å²) in [5, 5.41) is 12.1. The van der Waals surface area contributed by atoms with Gasteiger partial charge < -0.3 is 9.47 Å². The lowest BCUT2D eigenvalue weighted by Gasteiger charge is -2.19. The largest absolute Gasteiger partial charge is 0.490 e. The molecule has 7 nitrogen and oxygen atoms in total. The van der Waals surface area contributed by atoms with Gasteiger partial charge in [0, 0.05) is 25.2 Å². The summed E-state index contributed by atoms with van der Waals surface area (Å²) in [6, 6.07) is 15.3. The quantitative estimate of drug-likeness (QED) is 0.520. The highest BCUT2D eigenvalue weighted by molar-refractivity contribution is 5.92. The lowest BCUT2D eigenvalue weighted by Crippen LogP contribution is -2.25. The summed E-state index contributed by atoms with van der Waals surface area (Å²) in [7, 11) is 1.43. The maximum absolute atomic E-state index is 11.6. The number of nitrogens with zero attached hydrogens (tertiary/aromatic N) is 3. The van der Waals surface area contributed by atoms with Gasteiger partial charge in [0.2, 0.25) is 5.88 Å². The molecular formula is C20H19N3O4. The van der Waals surface area contributed by atoms with Gasteiger partial charge in [0.25, 0.3) is 0 Å². The van der Waals surface area contributed by atoms with E-state index in [0.29, 0.717) is 29.9 Å². The number of hydrogen-bond acceptors (Lipinski definition) is 6. The van der Waals surface area contributed by atoms with Crippen LogP contribution in [0, 0.1) is 10.1 Å². The van der Waals surface area contributed by atoms with Crippen molar-refractivity contribution in [3.05, 3.63) is 69.8 Å². The van der Waals surface area contributed by atoms with E-state index < -0.39 is 4.92 Å². The molecule has 0 aliphatic carbocycles. The van der Waals surface area contributed by atoms with Crippen molar-refractivity contribution in [3.63, 3.8) is 0 Å². The van der Waals surface area contributed by atoms with E-state index in [2.05, 4.69) is 22.0 Å². The molecule has 1 aromatic heterocycles. The molecule has 0 radical (unpaired) electrons. The first-order chi connectivity index (χ1) is 13.2. The van der Waals surface area contributed by atoms with E-state index in [-0.39, 0.29) is 11.4 Å². The van der Waals surface area contributed by atoms with Crippen LogP contribution in [0.3, 0.4) is 0 Å². The Kier molecular flexibility index (Phi) is 4.60. The summed E-state index contributed by atoms with van der Waals surface area (Å²) in [6.45, 7) is 2.67. The second-order valence-electron chi connectivity index (χ2n) is 6.44. The SMILES string of the molecule is COc1ccc2nc3c(cc2c1[N+](=O)[O-])CN(Cc1ccccc1)CCO3. The summed E-state index contributed by atoms with van der Waals surface area (Å²) >= 11 is 0. The Labute approximate surface area is 156 Å². The van der Waals surface area contributed by atoms with E-state index >= 15 is 0 Å². The summed E-state index contributed by atoms with van der Waals surface area (Å²) in [5.74, 6) is 0.766. The molecule has 0 fully saturated rings. The van der Waals surface area contributed by atoms with E-state index in [0.717, 1.165) is 18.7 Å². The number of aromatic nitrogens is 1. The highest BCUT2D eigenvalue weighted by Crippen LogP contribution is 2.37. The maximum atomic E-state index is 11.6. The van der Waals surface area contributed by atoms with E-state index in [9.17, 15) is 10.1 Å². The number of fused-ring (bicyclic) bond motifs is 2. The molecule has 4 rings (SSSR count). The van der Waals surface area contributed by atoms with Gasteiger partial charge in [-0.1, -0.05) is 30.3 Å². The molecule has 3 aromatic rings. The fourth-order valence-corrected chi connectivity index (χ4v) is 3.39. The van der Waals surface area contributed by atoms with Crippen LogP contribution < -0.4 is 9.47 Å². The number of rotatable bonds is 4. The molecular weight excluding hydrogens is 346 g/mol. The van der Waals surface area contributed by atoms with Gasteiger partial charge in [-0.15, -0.1) is 0 Å². The molecule has 1 aliphatic heterocycles. The highest BCUT2D eigenvalue weighted by atomic mass is 16.6. The van der Waals surface area contributed by atoms with Crippen LogP contribution in [-0.4, -0.2) is 35.1 Å². The topological polar surface area (TPSA) is 77.7 Å². The Bertz CT molecular complexity index is 991. The molecule has 1 aliphatic rings. The zero-order valence-electron chi connectivity index (χ0n) is 14.9. The molecule has 0 N–H and O–H groups in total. The zero-order valence-corrected chi connectivity index (χ0v) is 14.9. The van der Waals surface area contributed by atoms with Crippen molar-refractivity contribution in [2.24, 2.45) is 0 Å². The Morgan fingerprint density at radius 1 is 1.26 bits per heavy atom. The molecule has 2 aromatic carbocycles. The predicted molar refractivity (Wildman–Crippen MR) is 101 cm³/mol. The molecule has 0 saturated heterocycles. The van der Waals surface area contributed by atoms with Gasteiger partial charge in [0.1, 0.15) is 6.61 Å². The first-order valence-corrected chi connectivity index (χ1v) is 8.70. The highest BCUT2D eigenvalue weighted by Gasteiger charge is 2.24. The lowest BCUT2D eigenvalue weighted by molar-refractivity contribution is -0.383. The van der Waals surface area contributed by atoms with Crippen LogP contribution >= 0.6 is 0 Å². The average Bonchev–Trinajstić information content (AvgIpc) is 2.87. The van der Waals surface area contributed by atoms with E-state index in [4.69, 9.17) is 9.47 Å². The lowest BCUT2D eigenvalue weighted by atomic mass is 10.1. The first kappa shape index (κ1) is 17.2. The second-order valence-corrected chi connectivity index (χ2v) is 6.44. The van der Waals surface area contributed by atoms with Crippen LogP contribution in [0.5, 0.6) is 11.6 Å². The van der Waals surface area contributed by atoms with Crippen molar-refractivity contribution >= 4 is 16.6 Å². The fourth-order valence-electron chi connectivity index (χ4n) is 3.39. The smallest absolute Gasteiger partial charge is 0.320 e. The van der Waals surface area contributed by atoms with Gasteiger partial charge in [-0.3, -0.25) is 15.0 Å². The Morgan fingerprint density at radius 2 is 2.07 bits per heavy atom. The molecule has 0 atom stereocenters. The molecule has 0 saturated carbocycles. The molecule has 0 spiro atoms. The summed E-state index contributed by atoms with van der Waals surface area (Å²) < 4.78 is 11.0. The van der Waals surface area contributed by atoms with Gasteiger partial charge in [-0.25, -0.2) is 4.98 Å². The third-order valence-electron chi connectivity index (χ3n) is 4.66. The molecule has 138 valence electrons. The Hall–Kier alpha value is -3.19. The third kappa shape index (κ3) is 3.41. The molecule has 0 amide bonds. The minimum absolute atomic E-state index is 0.0656. The van der Waals surface area contributed by atoms with Crippen molar-refractivity contribution in [2.45, 2.75) is 13.1 Å². The summed E-state index contributed by atoms with van der Waals surface area (Å²) in [6.07, 6.45) is 0. The minimum Gasteiger partial charge on any atom is -0.490 e. The van der Waals surface area contributed by atoms with E-state index in [1.54, 1.807) is 12.1 Å². The third-order valence-corrected chi connectivity index (χ3v) is 4.66. The fraction of sp³-hybridized carbons (Fsp3) is 0.250. The van der Waals surface area contributed by atoms with Crippen molar-refractivity contribution in [1.29, 1.82) is 0 Å². The maximum Gasteiger partial charge on any atom is 0.320 e. The van der Waals surface area contributed by atoms with Crippen molar-refractivity contribution in [1.82, 2.24) is 9.88 Å². The second kappa shape index (κ2) is 7.20. The monoisotopic (exact) mass is 365 g/mol. The molecule has 7 heteroatoms.